The number of aliphatic hydroxyl groups excluding tert-OH is 1. The standard InChI is InChI=1S/C21H33N5O2/c1-5-22-21(23-11-7-8-17-13-25-26(4)15-17)24-14-20(27)18-9-6-10-19(12-18)28-16(2)3/h6,9-10,12-13,15-16,20,27H,5,7-8,11,14H2,1-4H3,(H2,22,23,24). The molecule has 2 rings (SSSR count). The molecule has 1 unspecified atom stereocenters. The van der Waals surface area contributed by atoms with Gasteiger partial charge < -0.3 is 20.5 Å². The fourth-order valence-corrected chi connectivity index (χ4v) is 2.79. The van der Waals surface area contributed by atoms with Crippen molar-refractivity contribution in [1.82, 2.24) is 20.4 Å². The van der Waals surface area contributed by atoms with Crippen LogP contribution in [0.3, 0.4) is 0 Å². The lowest BCUT2D eigenvalue weighted by Gasteiger charge is -2.15. The number of nitrogens with one attached hydrogen (secondary N) is 2. The Hall–Kier alpha value is -2.54. The Labute approximate surface area is 167 Å². The zero-order chi connectivity index (χ0) is 20.4. The van der Waals surface area contributed by atoms with E-state index in [9.17, 15) is 5.11 Å². The molecule has 0 amide bonds. The maximum Gasteiger partial charge on any atom is 0.191 e. The number of nitrogens with zero attached hydrogens (tertiary/aromatic N) is 3. The van der Waals surface area contributed by atoms with E-state index in [1.165, 1.54) is 5.56 Å². The zero-order valence-corrected chi connectivity index (χ0v) is 17.4. The molecule has 0 aliphatic carbocycles. The molecule has 0 aliphatic heterocycles. The van der Waals surface area contributed by atoms with Crippen molar-refractivity contribution in [3.63, 3.8) is 0 Å². The molecule has 0 aliphatic rings. The number of aliphatic imine (C=N–C) groups is 1. The van der Waals surface area contributed by atoms with Gasteiger partial charge in [-0.15, -0.1) is 0 Å². The van der Waals surface area contributed by atoms with Gasteiger partial charge in [0.25, 0.3) is 0 Å². The van der Waals surface area contributed by atoms with Crippen LogP contribution in [0.1, 0.15) is 44.4 Å². The number of guanidine groups is 1. The van der Waals surface area contributed by atoms with E-state index in [4.69, 9.17) is 4.74 Å². The van der Waals surface area contributed by atoms with Gasteiger partial charge in [-0.2, -0.15) is 5.10 Å². The third-order valence-corrected chi connectivity index (χ3v) is 4.07. The van der Waals surface area contributed by atoms with E-state index in [0.717, 1.165) is 37.2 Å². The minimum Gasteiger partial charge on any atom is -0.491 e. The van der Waals surface area contributed by atoms with Crippen molar-refractivity contribution in [2.24, 2.45) is 12.0 Å². The molecule has 0 fully saturated rings. The number of hydrogen-bond donors (Lipinski definition) is 3. The Morgan fingerprint density at radius 3 is 2.82 bits per heavy atom. The van der Waals surface area contributed by atoms with Gasteiger partial charge in [-0.1, -0.05) is 12.1 Å². The smallest absolute Gasteiger partial charge is 0.191 e. The molecule has 0 spiro atoms. The molecule has 28 heavy (non-hydrogen) atoms. The number of aryl methyl sites for hydroxylation is 2. The fraction of sp³-hybridized carbons (Fsp3) is 0.524. The van der Waals surface area contributed by atoms with Crippen LogP contribution in [0.2, 0.25) is 0 Å². The monoisotopic (exact) mass is 387 g/mol. The predicted molar refractivity (Wildman–Crippen MR) is 113 cm³/mol. The van der Waals surface area contributed by atoms with Crippen LogP contribution in [-0.4, -0.2) is 46.6 Å². The van der Waals surface area contributed by atoms with Gasteiger partial charge in [0.15, 0.2) is 5.96 Å². The van der Waals surface area contributed by atoms with Crippen molar-refractivity contribution in [2.75, 3.05) is 19.6 Å². The van der Waals surface area contributed by atoms with Gasteiger partial charge in [0.05, 0.1) is 24.9 Å². The highest BCUT2D eigenvalue weighted by molar-refractivity contribution is 5.79. The van der Waals surface area contributed by atoms with Crippen LogP contribution in [0.15, 0.2) is 41.7 Å². The second-order valence-electron chi connectivity index (χ2n) is 7.03. The first-order chi connectivity index (χ1) is 13.5. The molecular formula is C21H33N5O2. The Morgan fingerprint density at radius 1 is 1.32 bits per heavy atom. The third kappa shape index (κ3) is 7.60. The quantitative estimate of drug-likeness (QED) is 0.331. The minimum absolute atomic E-state index is 0.0987. The molecule has 0 bridgehead atoms. The summed E-state index contributed by atoms with van der Waals surface area (Å²) in [4.78, 5) is 4.52. The van der Waals surface area contributed by atoms with Crippen LogP contribution in [0.4, 0.5) is 0 Å². The van der Waals surface area contributed by atoms with E-state index in [1.54, 1.807) is 0 Å². The average molecular weight is 388 g/mol. The van der Waals surface area contributed by atoms with Crippen LogP contribution in [0.25, 0.3) is 0 Å². The minimum atomic E-state index is -0.679. The fourth-order valence-electron chi connectivity index (χ4n) is 2.79. The lowest BCUT2D eigenvalue weighted by Crippen LogP contribution is -2.38. The van der Waals surface area contributed by atoms with Crippen molar-refractivity contribution in [2.45, 2.75) is 45.8 Å². The number of rotatable bonds is 10. The van der Waals surface area contributed by atoms with Crippen molar-refractivity contribution in [3.05, 3.63) is 47.8 Å². The first kappa shape index (κ1) is 21.8. The summed E-state index contributed by atoms with van der Waals surface area (Å²) >= 11 is 0. The first-order valence-corrected chi connectivity index (χ1v) is 9.92. The highest BCUT2D eigenvalue weighted by Crippen LogP contribution is 2.20. The summed E-state index contributed by atoms with van der Waals surface area (Å²) < 4.78 is 7.51. The van der Waals surface area contributed by atoms with Gasteiger partial charge in [-0.3, -0.25) is 9.67 Å². The summed E-state index contributed by atoms with van der Waals surface area (Å²) in [5.74, 6) is 1.47. The van der Waals surface area contributed by atoms with E-state index < -0.39 is 6.10 Å². The van der Waals surface area contributed by atoms with Crippen LogP contribution in [-0.2, 0) is 13.5 Å². The van der Waals surface area contributed by atoms with Gasteiger partial charge >= 0.3 is 0 Å². The Kier molecular flexibility index (Phi) is 8.81. The number of benzene rings is 1. The molecule has 1 aromatic carbocycles. The van der Waals surface area contributed by atoms with Crippen molar-refractivity contribution >= 4 is 5.96 Å². The Bertz CT molecular complexity index is 742. The van der Waals surface area contributed by atoms with E-state index in [-0.39, 0.29) is 12.6 Å². The van der Waals surface area contributed by atoms with E-state index in [2.05, 4.69) is 20.7 Å². The predicted octanol–water partition coefficient (Wildman–Crippen LogP) is 2.43. The van der Waals surface area contributed by atoms with Crippen molar-refractivity contribution < 1.29 is 9.84 Å². The second kappa shape index (κ2) is 11.3. The highest BCUT2D eigenvalue weighted by atomic mass is 16.5. The van der Waals surface area contributed by atoms with Gasteiger partial charge in [0, 0.05) is 26.3 Å². The number of hydrogen-bond acceptors (Lipinski definition) is 4. The second-order valence-corrected chi connectivity index (χ2v) is 7.03. The topological polar surface area (TPSA) is 83.7 Å². The Morgan fingerprint density at radius 2 is 2.14 bits per heavy atom. The number of aliphatic hydroxyl groups is 1. The molecule has 1 atom stereocenters. The summed E-state index contributed by atoms with van der Waals surface area (Å²) in [6.07, 6.45) is 5.29. The van der Waals surface area contributed by atoms with Crippen LogP contribution in [0.5, 0.6) is 5.75 Å². The Balaban J connectivity index is 1.84. The summed E-state index contributed by atoms with van der Waals surface area (Å²) in [6, 6.07) is 7.55. The third-order valence-electron chi connectivity index (χ3n) is 4.07. The summed E-state index contributed by atoms with van der Waals surface area (Å²) in [5, 5.41) is 21.2. The van der Waals surface area contributed by atoms with Crippen molar-refractivity contribution in [3.8, 4) is 5.75 Å². The molecule has 1 heterocycles. The van der Waals surface area contributed by atoms with Gasteiger partial charge in [0.2, 0.25) is 0 Å². The highest BCUT2D eigenvalue weighted by Gasteiger charge is 2.09. The molecule has 3 N–H and O–H groups in total. The van der Waals surface area contributed by atoms with Crippen LogP contribution >= 0.6 is 0 Å². The maximum absolute atomic E-state index is 10.5. The molecule has 0 radical (unpaired) electrons. The SMILES string of the molecule is CCNC(=NCC(O)c1cccc(OC(C)C)c1)NCCCc1cnn(C)c1. The molecule has 2 aromatic rings. The van der Waals surface area contributed by atoms with Gasteiger partial charge in [-0.05, 0) is 56.9 Å². The normalized spacial score (nSPS) is 12.9. The molecule has 7 heteroatoms. The molecule has 1 aromatic heterocycles. The summed E-state index contributed by atoms with van der Waals surface area (Å²) in [7, 11) is 1.92. The number of aromatic nitrogens is 2. The van der Waals surface area contributed by atoms with E-state index in [0.29, 0.717) is 5.96 Å². The summed E-state index contributed by atoms with van der Waals surface area (Å²) in [5.41, 5.74) is 2.03. The van der Waals surface area contributed by atoms with E-state index in [1.807, 2.05) is 69.2 Å². The van der Waals surface area contributed by atoms with E-state index >= 15 is 0 Å². The lowest BCUT2D eigenvalue weighted by molar-refractivity contribution is 0.185. The summed E-state index contributed by atoms with van der Waals surface area (Å²) in [6.45, 7) is 7.84. The maximum atomic E-state index is 10.5. The first-order valence-electron chi connectivity index (χ1n) is 9.92. The zero-order valence-electron chi connectivity index (χ0n) is 17.4. The molecule has 0 saturated heterocycles. The molecular weight excluding hydrogens is 354 g/mol. The molecule has 7 nitrogen and oxygen atoms in total. The van der Waals surface area contributed by atoms with Crippen LogP contribution < -0.4 is 15.4 Å². The molecule has 154 valence electrons. The lowest BCUT2D eigenvalue weighted by atomic mass is 10.1. The van der Waals surface area contributed by atoms with Gasteiger partial charge in [-0.25, -0.2) is 0 Å². The van der Waals surface area contributed by atoms with Gasteiger partial charge in [0.1, 0.15) is 5.75 Å². The average Bonchev–Trinajstić information content (AvgIpc) is 3.07. The number of ether oxygens (including phenoxy) is 1. The van der Waals surface area contributed by atoms with Crippen LogP contribution in [0, 0.1) is 0 Å². The molecule has 0 saturated carbocycles. The largest absolute Gasteiger partial charge is 0.491 e. The van der Waals surface area contributed by atoms with Crippen molar-refractivity contribution in [1.29, 1.82) is 0 Å².